The molecule has 72 valence electrons. The Morgan fingerprint density at radius 3 is 2.77 bits per heavy atom. The molecule has 0 radical (unpaired) electrons. The summed E-state index contributed by atoms with van der Waals surface area (Å²) in [5, 5.41) is 2.42. The van der Waals surface area contributed by atoms with E-state index in [0.717, 1.165) is 0 Å². The zero-order valence-corrected chi connectivity index (χ0v) is 7.00. The Balaban J connectivity index is 2.64. The minimum atomic E-state index is -2.42. The van der Waals surface area contributed by atoms with E-state index in [1.165, 1.54) is 19.5 Å². The lowest BCUT2D eigenvalue weighted by molar-refractivity contribution is 0.163. The molecule has 0 unspecified atom stereocenters. The van der Waals surface area contributed by atoms with Gasteiger partial charge in [0.15, 0.2) is 5.82 Å². The molecule has 1 aromatic rings. The highest BCUT2D eigenvalue weighted by Gasteiger charge is 2.07. The highest BCUT2D eigenvalue weighted by Crippen LogP contribution is 2.16. The van der Waals surface area contributed by atoms with Gasteiger partial charge in [0.25, 0.3) is 12.3 Å². The molecule has 1 rings (SSSR count). The zero-order valence-electron chi connectivity index (χ0n) is 7.00. The number of aromatic nitrogens is 2. The minimum absolute atomic E-state index is 0.211. The van der Waals surface area contributed by atoms with Crippen LogP contribution in [0, 0.1) is 0 Å². The fourth-order valence-corrected chi connectivity index (χ4v) is 0.770. The van der Waals surface area contributed by atoms with E-state index in [2.05, 4.69) is 15.3 Å². The van der Waals surface area contributed by atoms with Crippen LogP contribution in [0.5, 0.6) is 5.88 Å². The van der Waals surface area contributed by atoms with E-state index in [0.29, 0.717) is 0 Å². The topological polar surface area (TPSA) is 47.0 Å². The van der Waals surface area contributed by atoms with Crippen molar-refractivity contribution >= 4 is 5.82 Å². The molecule has 4 nitrogen and oxygen atoms in total. The van der Waals surface area contributed by atoms with Crippen molar-refractivity contribution in [2.24, 2.45) is 0 Å². The molecule has 6 heteroatoms. The van der Waals surface area contributed by atoms with Crippen LogP contribution in [-0.4, -0.2) is 30.0 Å². The largest absolute Gasteiger partial charge is 0.478 e. The van der Waals surface area contributed by atoms with E-state index < -0.39 is 13.0 Å². The van der Waals surface area contributed by atoms with Gasteiger partial charge < -0.3 is 10.1 Å². The van der Waals surface area contributed by atoms with E-state index in [4.69, 9.17) is 4.74 Å². The van der Waals surface area contributed by atoms with Crippen LogP contribution in [-0.2, 0) is 0 Å². The molecule has 0 bridgehead atoms. The first-order chi connectivity index (χ1) is 6.24. The monoisotopic (exact) mass is 189 g/mol. The summed E-state index contributed by atoms with van der Waals surface area (Å²) in [6, 6.07) is 0. The van der Waals surface area contributed by atoms with Crippen molar-refractivity contribution < 1.29 is 13.5 Å². The Labute approximate surface area is 74.0 Å². The summed E-state index contributed by atoms with van der Waals surface area (Å²) in [5.41, 5.74) is 0. The van der Waals surface area contributed by atoms with E-state index in [1.54, 1.807) is 0 Å². The van der Waals surface area contributed by atoms with Crippen molar-refractivity contribution in [1.29, 1.82) is 0 Å². The highest BCUT2D eigenvalue weighted by molar-refractivity contribution is 5.44. The van der Waals surface area contributed by atoms with Crippen LogP contribution in [0.4, 0.5) is 14.6 Å². The number of nitrogens with zero attached hydrogens (tertiary/aromatic N) is 2. The van der Waals surface area contributed by atoms with Crippen molar-refractivity contribution in [3.63, 3.8) is 0 Å². The van der Waals surface area contributed by atoms with Crippen LogP contribution in [0.15, 0.2) is 12.4 Å². The Bertz CT molecular complexity index is 270. The quantitative estimate of drug-likeness (QED) is 0.772. The number of anilines is 1. The van der Waals surface area contributed by atoms with Crippen molar-refractivity contribution in [2.75, 3.05) is 19.0 Å². The van der Waals surface area contributed by atoms with Gasteiger partial charge in [-0.1, -0.05) is 0 Å². The second-order valence-corrected chi connectivity index (χ2v) is 2.19. The van der Waals surface area contributed by atoms with Gasteiger partial charge in [-0.15, -0.1) is 0 Å². The Kier molecular flexibility index (Phi) is 3.36. The van der Waals surface area contributed by atoms with Crippen molar-refractivity contribution in [2.45, 2.75) is 6.43 Å². The third kappa shape index (κ3) is 2.81. The Hall–Kier alpha value is -1.46. The maximum Gasteiger partial charge on any atom is 0.257 e. The molecule has 0 aliphatic heterocycles. The maximum atomic E-state index is 11.8. The van der Waals surface area contributed by atoms with Gasteiger partial charge in [-0.05, 0) is 0 Å². The van der Waals surface area contributed by atoms with Crippen LogP contribution in [0.3, 0.4) is 0 Å². The molecule has 0 aliphatic carbocycles. The molecular weight excluding hydrogens is 180 g/mol. The maximum absolute atomic E-state index is 11.8. The molecule has 0 aromatic carbocycles. The summed E-state index contributed by atoms with van der Waals surface area (Å²) in [4.78, 5) is 7.57. The number of methoxy groups -OCH3 is 1. The van der Waals surface area contributed by atoms with Gasteiger partial charge in [0.1, 0.15) is 0 Å². The van der Waals surface area contributed by atoms with Gasteiger partial charge in [-0.25, -0.2) is 18.7 Å². The van der Waals surface area contributed by atoms with Gasteiger partial charge in [0.2, 0.25) is 0 Å². The Morgan fingerprint density at radius 1 is 1.46 bits per heavy atom. The summed E-state index contributed by atoms with van der Waals surface area (Å²) < 4.78 is 28.4. The second-order valence-electron chi connectivity index (χ2n) is 2.19. The normalized spacial score (nSPS) is 10.2. The van der Waals surface area contributed by atoms with Gasteiger partial charge >= 0.3 is 0 Å². The van der Waals surface area contributed by atoms with Crippen LogP contribution < -0.4 is 10.1 Å². The van der Waals surface area contributed by atoms with Gasteiger partial charge in [0, 0.05) is 12.4 Å². The second kappa shape index (κ2) is 4.54. The zero-order chi connectivity index (χ0) is 9.68. The predicted molar refractivity (Wildman–Crippen MR) is 43.1 cm³/mol. The third-order valence-electron chi connectivity index (χ3n) is 1.28. The van der Waals surface area contributed by atoms with Gasteiger partial charge in [-0.2, -0.15) is 0 Å². The average molecular weight is 189 g/mol. The molecular formula is C7H9F2N3O. The molecule has 13 heavy (non-hydrogen) atoms. The molecule has 0 amide bonds. The number of hydrogen-bond acceptors (Lipinski definition) is 4. The highest BCUT2D eigenvalue weighted by atomic mass is 19.3. The number of ether oxygens (including phenoxy) is 1. The van der Waals surface area contributed by atoms with Crippen LogP contribution in [0.25, 0.3) is 0 Å². The molecule has 1 heterocycles. The van der Waals surface area contributed by atoms with E-state index in [9.17, 15) is 8.78 Å². The summed E-state index contributed by atoms with van der Waals surface area (Å²) in [6.45, 7) is -0.463. The fraction of sp³-hybridized carbons (Fsp3) is 0.429. The molecule has 0 aliphatic rings. The number of halogens is 2. The smallest absolute Gasteiger partial charge is 0.257 e. The van der Waals surface area contributed by atoms with Crippen molar-refractivity contribution in [3.8, 4) is 5.88 Å². The lowest BCUT2D eigenvalue weighted by atomic mass is 10.5. The first-order valence-electron chi connectivity index (χ1n) is 3.61. The molecule has 0 fully saturated rings. The summed E-state index contributed by atoms with van der Waals surface area (Å²) in [5.74, 6) is 0.438. The lowest BCUT2D eigenvalue weighted by Gasteiger charge is -2.07. The first-order valence-corrected chi connectivity index (χ1v) is 3.61. The molecule has 0 saturated heterocycles. The molecule has 1 aromatic heterocycles. The lowest BCUT2D eigenvalue weighted by Crippen LogP contribution is -2.12. The van der Waals surface area contributed by atoms with Crippen molar-refractivity contribution in [1.82, 2.24) is 9.97 Å². The van der Waals surface area contributed by atoms with E-state index in [-0.39, 0.29) is 11.7 Å². The number of rotatable bonds is 4. The fourth-order valence-electron chi connectivity index (χ4n) is 0.770. The van der Waals surface area contributed by atoms with Crippen molar-refractivity contribution in [3.05, 3.63) is 12.4 Å². The first kappa shape index (κ1) is 9.63. The predicted octanol–water partition coefficient (Wildman–Crippen LogP) is 1.16. The summed E-state index contributed by atoms with van der Waals surface area (Å²) in [7, 11) is 1.40. The third-order valence-corrected chi connectivity index (χ3v) is 1.28. The van der Waals surface area contributed by atoms with E-state index >= 15 is 0 Å². The average Bonchev–Trinajstić information content (AvgIpc) is 2.15. The van der Waals surface area contributed by atoms with Crippen LogP contribution in [0.1, 0.15) is 0 Å². The standard InChI is InChI=1S/C7H9F2N3O/c1-13-7-6(10-2-3-11-7)12-4-5(8)9/h2-3,5H,4H2,1H3,(H,10,12). The molecule has 1 N–H and O–H groups in total. The van der Waals surface area contributed by atoms with Crippen LogP contribution in [0.2, 0.25) is 0 Å². The molecule has 0 atom stereocenters. The summed E-state index contributed by atoms with van der Waals surface area (Å²) in [6.07, 6.45) is 0.398. The van der Waals surface area contributed by atoms with Crippen LogP contribution >= 0.6 is 0 Å². The number of hydrogen-bond donors (Lipinski definition) is 1. The minimum Gasteiger partial charge on any atom is -0.478 e. The number of alkyl halides is 2. The SMILES string of the molecule is COc1nccnc1NCC(F)F. The van der Waals surface area contributed by atoms with E-state index in [1.807, 2.05) is 0 Å². The molecule has 0 saturated carbocycles. The van der Waals surface area contributed by atoms with Gasteiger partial charge in [-0.3, -0.25) is 0 Å². The summed E-state index contributed by atoms with van der Waals surface area (Å²) >= 11 is 0. The van der Waals surface area contributed by atoms with Gasteiger partial charge in [0.05, 0.1) is 13.7 Å². The molecule has 0 spiro atoms. The Morgan fingerprint density at radius 2 is 2.15 bits per heavy atom. The number of nitrogens with one attached hydrogen (secondary N) is 1.